The minimum absolute atomic E-state index is 0.467. The Morgan fingerprint density at radius 1 is 0.885 bits per heavy atom. The van der Waals surface area contributed by atoms with Gasteiger partial charge in [-0.05, 0) is 24.1 Å². The zero-order chi connectivity index (χ0) is 19.8. The van der Waals surface area contributed by atoms with Crippen LogP contribution in [-0.4, -0.2) is 25.4 Å². The number of carboxylic acid groups (broad SMARTS) is 1. The van der Waals surface area contributed by atoms with Crippen molar-refractivity contribution in [2.45, 2.75) is 104 Å². The molecule has 0 heterocycles. The van der Waals surface area contributed by atoms with E-state index in [9.17, 15) is 9.59 Å². The summed E-state index contributed by atoms with van der Waals surface area (Å²) < 4.78 is 5.99. The van der Waals surface area contributed by atoms with E-state index in [2.05, 4.69) is 27.7 Å². The van der Waals surface area contributed by atoms with Crippen LogP contribution < -0.4 is 0 Å². The predicted octanol–water partition coefficient (Wildman–Crippen LogP) is 6.32. The van der Waals surface area contributed by atoms with Crippen molar-refractivity contribution in [3.8, 4) is 0 Å². The third-order valence-corrected chi connectivity index (χ3v) is 9.24. The average molecular weight is 385 g/mol. The van der Waals surface area contributed by atoms with E-state index in [4.69, 9.17) is 9.53 Å². The summed E-state index contributed by atoms with van der Waals surface area (Å²) in [5.74, 6) is -0.813. The summed E-state index contributed by atoms with van der Waals surface area (Å²) in [6.45, 7) is 8.85. The summed E-state index contributed by atoms with van der Waals surface area (Å²) >= 11 is 0. The number of carboxylic acids is 1. The van der Waals surface area contributed by atoms with Crippen LogP contribution in [0.1, 0.15) is 85.5 Å². The quantitative estimate of drug-likeness (QED) is 0.192. The van der Waals surface area contributed by atoms with Gasteiger partial charge in [-0.25, -0.2) is 9.59 Å². The van der Waals surface area contributed by atoms with E-state index in [1.165, 1.54) is 25.7 Å². The van der Waals surface area contributed by atoms with Crippen LogP contribution in [0.15, 0.2) is 12.2 Å². The Kier molecular flexibility index (Phi) is 14.4. The van der Waals surface area contributed by atoms with E-state index in [1.807, 2.05) is 0 Å². The van der Waals surface area contributed by atoms with Crippen LogP contribution in [0.2, 0.25) is 18.1 Å². The van der Waals surface area contributed by atoms with Crippen molar-refractivity contribution in [3.05, 3.63) is 12.2 Å². The molecule has 0 bridgehead atoms. The average Bonchev–Trinajstić information content (AvgIpc) is 2.59. The van der Waals surface area contributed by atoms with Crippen molar-refractivity contribution < 1.29 is 19.1 Å². The summed E-state index contributed by atoms with van der Waals surface area (Å²) in [6.07, 6.45) is 12.4. The molecule has 0 amide bonds. The van der Waals surface area contributed by atoms with Crippen molar-refractivity contribution in [1.29, 1.82) is 0 Å². The highest BCUT2D eigenvalue weighted by molar-refractivity contribution is 6.75. The molecule has 4 nitrogen and oxygen atoms in total. The Morgan fingerprint density at radius 3 is 1.92 bits per heavy atom. The van der Waals surface area contributed by atoms with E-state index < -0.39 is 20.3 Å². The second-order valence-corrected chi connectivity index (χ2v) is 11.9. The third kappa shape index (κ3) is 13.1. The van der Waals surface area contributed by atoms with Gasteiger partial charge in [-0.1, -0.05) is 85.5 Å². The molecular formula is C21H40O4Si. The summed E-state index contributed by atoms with van der Waals surface area (Å²) in [5.41, 5.74) is 0. The molecule has 0 spiro atoms. The molecule has 26 heavy (non-hydrogen) atoms. The van der Waals surface area contributed by atoms with Gasteiger partial charge in [-0.2, -0.15) is 0 Å². The van der Waals surface area contributed by atoms with Crippen LogP contribution in [0.4, 0.5) is 0 Å². The molecule has 0 unspecified atom stereocenters. The van der Waals surface area contributed by atoms with Crippen molar-refractivity contribution >= 4 is 20.3 Å². The lowest BCUT2D eigenvalue weighted by atomic mass is 10.0. The van der Waals surface area contributed by atoms with E-state index >= 15 is 0 Å². The number of rotatable bonds is 16. The highest BCUT2D eigenvalue weighted by Crippen LogP contribution is 2.30. The molecule has 0 rings (SSSR count). The topological polar surface area (TPSA) is 63.6 Å². The van der Waals surface area contributed by atoms with Gasteiger partial charge >= 0.3 is 11.9 Å². The molecule has 1 N–H and O–H groups in total. The number of aliphatic carboxylic acids is 1. The molecule has 0 saturated heterocycles. The molecule has 0 atom stereocenters. The molecule has 0 aliphatic carbocycles. The second-order valence-electron chi connectivity index (χ2n) is 7.83. The maximum absolute atomic E-state index is 12.2. The smallest absolute Gasteiger partial charge is 0.328 e. The zero-order valence-electron chi connectivity index (χ0n) is 17.4. The molecule has 0 aliphatic heterocycles. The molecule has 152 valence electrons. The fourth-order valence-electron chi connectivity index (χ4n) is 3.27. The summed E-state index contributed by atoms with van der Waals surface area (Å²) in [7, 11) is -2.15. The molecule has 0 aromatic carbocycles. The molecule has 0 radical (unpaired) electrons. The van der Waals surface area contributed by atoms with Gasteiger partial charge in [0.2, 0.25) is 0 Å². The standard InChI is InChI=1S/C21H40O4Si/c1-5-7-16-26(17-8-6-2,25-21(24)15-14-20(22)23)18-12-10-9-11-13-19(3)4/h14-15,19H,5-13,16-18H2,1-4H3,(H,22,23)/b15-14-. The minimum atomic E-state index is -2.15. The number of carbonyl (C=O) groups excluding carboxylic acids is 1. The van der Waals surface area contributed by atoms with Gasteiger partial charge in [-0.15, -0.1) is 0 Å². The van der Waals surface area contributed by atoms with Gasteiger partial charge in [-0.3, -0.25) is 0 Å². The Labute approximate surface area is 161 Å². The molecule has 0 aliphatic rings. The first-order chi connectivity index (χ1) is 12.3. The van der Waals surface area contributed by atoms with Crippen LogP contribution in [-0.2, 0) is 14.0 Å². The van der Waals surface area contributed by atoms with Gasteiger partial charge < -0.3 is 9.53 Å². The van der Waals surface area contributed by atoms with Crippen molar-refractivity contribution in [1.82, 2.24) is 0 Å². The maximum Gasteiger partial charge on any atom is 0.328 e. The molecule has 0 aromatic rings. The highest BCUT2D eigenvalue weighted by Gasteiger charge is 2.36. The third-order valence-electron chi connectivity index (χ3n) is 4.81. The number of unbranched alkanes of at least 4 members (excludes halogenated alkanes) is 5. The largest absolute Gasteiger partial charge is 0.516 e. The summed E-state index contributed by atoms with van der Waals surface area (Å²) in [6, 6.07) is 3.02. The lowest BCUT2D eigenvalue weighted by Crippen LogP contribution is -2.40. The van der Waals surface area contributed by atoms with E-state index in [0.29, 0.717) is 0 Å². The fourth-order valence-corrected chi connectivity index (χ4v) is 7.71. The first-order valence-corrected chi connectivity index (χ1v) is 13.0. The van der Waals surface area contributed by atoms with Gasteiger partial charge in [0, 0.05) is 12.2 Å². The van der Waals surface area contributed by atoms with Crippen molar-refractivity contribution in [3.63, 3.8) is 0 Å². The SMILES string of the molecule is CCCC[Si](CCCC)(CCCCCCC(C)C)OC(=O)/C=C\C(=O)O. The Balaban J connectivity index is 4.80. The van der Waals surface area contributed by atoms with Gasteiger partial charge in [0.25, 0.3) is 8.32 Å². The monoisotopic (exact) mass is 384 g/mol. The Bertz CT molecular complexity index is 410. The zero-order valence-corrected chi connectivity index (χ0v) is 18.4. The first-order valence-electron chi connectivity index (χ1n) is 10.5. The number of carbonyl (C=O) groups is 2. The molecule has 0 aromatic heterocycles. The maximum atomic E-state index is 12.2. The van der Waals surface area contributed by atoms with E-state index in [0.717, 1.165) is 68.3 Å². The van der Waals surface area contributed by atoms with E-state index in [1.54, 1.807) is 0 Å². The van der Waals surface area contributed by atoms with Crippen molar-refractivity contribution in [2.24, 2.45) is 5.92 Å². The number of hydrogen-bond donors (Lipinski definition) is 1. The van der Waals surface area contributed by atoms with E-state index in [-0.39, 0.29) is 0 Å². The molecule has 5 heteroatoms. The minimum Gasteiger partial charge on any atom is -0.516 e. The van der Waals surface area contributed by atoms with Gasteiger partial charge in [0.1, 0.15) is 0 Å². The van der Waals surface area contributed by atoms with Crippen LogP contribution in [0.5, 0.6) is 0 Å². The number of hydrogen-bond acceptors (Lipinski definition) is 3. The Morgan fingerprint density at radius 2 is 1.42 bits per heavy atom. The van der Waals surface area contributed by atoms with Gasteiger partial charge in [0.05, 0.1) is 0 Å². The van der Waals surface area contributed by atoms with Crippen LogP contribution in [0.3, 0.4) is 0 Å². The van der Waals surface area contributed by atoms with Crippen LogP contribution >= 0.6 is 0 Å². The Hall–Kier alpha value is -1.10. The summed E-state index contributed by atoms with van der Waals surface area (Å²) in [5, 5.41) is 8.72. The lowest BCUT2D eigenvalue weighted by molar-refractivity contribution is -0.133. The second kappa shape index (κ2) is 15.0. The molecule has 0 saturated carbocycles. The van der Waals surface area contributed by atoms with Crippen molar-refractivity contribution in [2.75, 3.05) is 0 Å². The van der Waals surface area contributed by atoms with Gasteiger partial charge in [0.15, 0.2) is 0 Å². The molecular weight excluding hydrogens is 344 g/mol. The predicted molar refractivity (Wildman–Crippen MR) is 111 cm³/mol. The normalized spacial score (nSPS) is 12.0. The summed E-state index contributed by atoms with van der Waals surface area (Å²) in [4.78, 5) is 22.8. The van der Waals surface area contributed by atoms with Crippen LogP contribution in [0.25, 0.3) is 0 Å². The molecule has 0 fully saturated rings. The van der Waals surface area contributed by atoms with Crippen LogP contribution in [0, 0.1) is 5.92 Å². The fraction of sp³-hybridized carbons (Fsp3) is 0.810. The lowest BCUT2D eigenvalue weighted by Gasteiger charge is -2.31. The first kappa shape index (κ1) is 24.9. The highest BCUT2D eigenvalue weighted by atomic mass is 28.4.